The Balaban J connectivity index is 0.00000484. The van der Waals surface area contributed by atoms with Crippen LogP contribution in [0.1, 0.15) is 63.0 Å². The number of rotatable bonds is 3. The molecule has 8 nitrogen and oxygen atoms in total. The molecule has 0 saturated carbocycles. The summed E-state index contributed by atoms with van der Waals surface area (Å²) in [5.74, 6) is 0.0729. The van der Waals surface area contributed by atoms with E-state index in [2.05, 4.69) is 108 Å². The number of aromatic nitrogens is 6. The van der Waals surface area contributed by atoms with E-state index in [1.807, 2.05) is 60.7 Å². The largest absolute Gasteiger partial charge is 2.00 e. The Morgan fingerprint density at radius 1 is 0.469 bits per heavy atom. The van der Waals surface area contributed by atoms with E-state index in [1.165, 1.54) is 11.1 Å². The first-order valence-electron chi connectivity index (χ1n) is 21.2. The van der Waals surface area contributed by atoms with E-state index in [-0.39, 0.29) is 35.9 Å². The molecule has 0 fully saturated rings. The van der Waals surface area contributed by atoms with Gasteiger partial charge in [-0.1, -0.05) is 169 Å². The average molecular weight is 884 g/mol. The molecule has 0 atom stereocenters. The molecule has 2 aliphatic heterocycles. The van der Waals surface area contributed by atoms with Crippen molar-refractivity contribution in [2.75, 3.05) is 0 Å². The number of benzene rings is 6. The van der Waals surface area contributed by atoms with Crippen molar-refractivity contribution >= 4 is 49.8 Å². The van der Waals surface area contributed by atoms with E-state index in [9.17, 15) is 9.90 Å². The number of fused-ring (bicyclic) bond motifs is 20. The fourth-order valence-corrected chi connectivity index (χ4v) is 8.94. The third-order valence-electron chi connectivity index (χ3n) is 12.3. The number of hydrogen-bond donors (Lipinski definition) is 1. The summed E-state index contributed by atoms with van der Waals surface area (Å²) in [7, 11) is 0. The Morgan fingerprint density at radius 3 is 1.28 bits per heavy atom. The number of nitrogens with zero attached hydrogens (tertiary/aromatic N) is 6. The van der Waals surface area contributed by atoms with Gasteiger partial charge in [-0.25, -0.2) is 4.79 Å². The van der Waals surface area contributed by atoms with E-state index in [4.69, 9.17) is 29.9 Å². The quantitative estimate of drug-likeness (QED) is 0.174. The summed E-state index contributed by atoms with van der Waals surface area (Å²) >= 11 is 0. The standard InChI is InChI=1S/C55H43N6O2.Zn/c1-54(2,3)33-27-32(28-34(29-33)55(4,5)6)44-47-37-17-9-13-21-41(37)51(58-47)60-49-39-19-11-7-15-35(39)45(56-49)43(30-23-25-31(26-24-30)53(62)63)46-36-16-8-12-20-40(36)50(57-46)61-52-42-22-14-10-18-38(42)48(44)59-52;/h7-29H,1-6H3,(H2-,56,57,58,59,60,61,62,63);/q-1;+2/p-1. The number of hydrogen-bond acceptors (Lipinski definition) is 5. The number of aromatic carboxylic acids is 1. The van der Waals surface area contributed by atoms with E-state index >= 15 is 0 Å². The van der Waals surface area contributed by atoms with Crippen LogP contribution in [0.4, 0.5) is 0 Å². The Morgan fingerprint density at radius 2 is 0.859 bits per heavy atom. The van der Waals surface area contributed by atoms with Gasteiger partial charge in [0.1, 0.15) is 0 Å². The van der Waals surface area contributed by atoms with Crippen LogP contribution in [-0.4, -0.2) is 31.0 Å². The zero-order chi connectivity index (χ0) is 43.4. The molecule has 0 unspecified atom stereocenters. The van der Waals surface area contributed by atoms with Gasteiger partial charge < -0.3 is 25.0 Å². The molecular formula is C55H42N6O2Zn. The molecule has 2 aliphatic rings. The second-order valence-electron chi connectivity index (χ2n) is 18.5. The van der Waals surface area contributed by atoms with Gasteiger partial charge in [0.25, 0.3) is 0 Å². The van der Waals surface area contributed by atoms with Crippen molar-refractivity contribution in [1.82, 2.24) is 29.9 Å². The first-order chi connectivity index (χ1) is 30.3. The third kappa shape index (κ3) is 6.65. The minimum Gasteiger partial charge on any atom is -0.478 e. The van der Waals surface area contributed by atoms with Crippen LogP contribution in [0.15, 0.2) is 140 Å². The second-order valence-corrected chi connectivity index (χ2v) is 18.5. The molecule has 9 aromatic rings. The predicted octanol–water partition coefficient (Wildman–Crippen LogP) is 13.0. The van der Waals surface area contributed by atoms with Crippen LogP contribution in [0, 0.1) is 0 Å². The van der Waals surface area contributed by atoms with Crippen molar-refractivity contribution in [2.45, 2.75) is 52.4 Å². The van der Waals surface area contributed by atoms with Crippen molar-refractivity contribution in [3.63, 3.8) is 0 Å². The van der Waals surface area contributed by atoms with Gasteiger partial charge >= 0.3 is 25.4 Å². The van der Waals surface area contributed by atoms with Gasteiger partial charge in [-0.2, -0.15) is 0 Å². The summed E-state index contributed by atoms with van der Waals surface area (Å²) in [4.78, 5) is 44.6. The Hall–Kier alpha value is -7.09. The summed E-state index contributed by atoms with van der Waals surface area (Å²) in [6, 6.07) is 46.6. The van der Waals surface area contributed by atoms with Crippen LogP contribution in [0.25, 0.3) is 111 Å². The predicted molar refractivity (Wildman–Crippen MR) is 254 cm³/mol. The van der Waals surface area contributed by atoms with Crippen LogP contribution in [-0.2, 0) is 30.3 Å². The van der Waals surface area contributed by atoms with Gasteiger partial charge in [0.2, 0.25) is 0 Å². The fraction of sp³-hybridized carbons (Fsp3) is 0.145. The average Bonchev–Trinajstić information content (AvgIpc) is 4.03. The molecule has 64 heavy (non-hydrogen) atoms. The maximum absolute atomic E-state index is 12.0. The number of carbonyl (C=O) groups is 1. The van der Waals surface area contributed by atoms with Gasteiger partial charge in [0, 0.05) is 33.4 Å². The molecule has 306 valence electrons. The maximum Gasteiger partial charge on any atom is 2.00 e. The molecule has 5 heterocycles. The van der Waals surface area contributed by atoms with E-state index in [0.29, 0.717) is 34.2 Å². The Kier molecular flexibility index (Phi) is 9.62. The van der Waals surface area contributed by atoms with Gasteiger partial charge in [0.15, 0.2) is 0 Å². The zero-order valence-corrected chi connectivity index (χ0v) is 39.5. The van der Waals surface area contributed by atoms with E-state index in [1.54, 1.807) is 12.1 Å². The Labute approximate surface area is 383 Å². The minimum absolute atomic E-state index is 0. The molecule has 8 bridgehead atoms. The van der Waals surface area contributed by atoms with E-state index < -0.39 is 5.97 Å². The zero-order valence-electron chi connectivity index (χ0n) is 36.5. The van der Waals surface area contributed by atoms with Crippen molar-refractivity contribution in [2.24, 2.45) is 0 Å². The summed E-state index contributed by atoms with van der Waals surface area (Å²) in [6.07, 6.45) is 0. The molecule has 1 N–H and O–H groups in total. The van der Waals surface area contributed by atoms with Crippen molar-refractivity contribution < 1.29 is 29.4 Å². The summed E-state index contributed by atoms with van der Waals surface area (Å²) in [5.41, 5.74) is 13.3. The van der Waals surface area contributed by atoms with Crippen molar-refractivity contribution in [3.05, 3.63) is 156 Å². The smallest absolute Gasteiger partial charge is 0.478 e. The molecule has 6 aromatic carbocycles. The summed E-state index contributed by atoms with van der Waals surface area (Å²) < 4.78 is 0. The number of carboxylic acids is 1. The Bertz CT molecular complexity index is 3540. The van der Waals surface area contributed by atoms with Gasteiger partial charge in [-0.05, 0) is 89.1 Å². The van der Waals surface area contributed by atoms with Crippen molar-refractivity contribution in [1.29, 1.82) is 0 Å². The second kappa shape index (κ2) is 15.0. The fourth-order valence-electron chi connectivity index (χ4n) is 8.94. The molecule has 0 saturated heterocycles. The molecule has 11 rings (SSSR count). The molecule has 0 aliphatic carbocycles. The molecular weight excluding hydrogens is 842 g/mol. The van der Waals surface area contributed by atoms with E-state index in [0.717, 1.165) is 77.3 Å². The normalized spacial score (nSPS) is 12.2. The molecule has 0 radical (unpaired) electrons. The molecule has 0 amide bonds. The van der Waals surface area contributed by atoms with Crippen molar-refractivity contribution in [3.8, 4) is 67.5 Å². The topological polar surface area (TPSA) is 117 Å². The SMILES string of the molecule is CC(C)(C)c1cc(-c2c3nc(nc4[n-]c(c(-c5ccc(C(=O)O)cc5)c5nc(nc6[n-]c2c2ccccc62)-c2ccccc2-5)c2ccccc42)-c2ccccc2-3)cc(C(C)(C)C)c1.[Zn+2]. The van der Waals surface area contributed by atoms with Crippen LogP contribution < -0.4 is 9.97 Å². The summed E-state index contributed by atoms with van der Waals surface area (Å²) in [5, 5.41) is 13.4. The van der Waals surface area contributed by atoms with Gasteiger partial charge in [-0.3, -0.25) is 9.97 Å². The van der Waals surface area contributed by atoms with Crippen LogP contribution in [0.2, 0.25) is 0 Å². The van der Waals surface area contributed by atoms with Crippen LogP contribution in [0.5, 0.6) is 0 Å². The van der Waals surface area contributed by atoms with Crippen LogP contribution >= 0.6 is 0 Å². The molecule has 9 heteroatoms. The molecule has 0 spiro atoms. The van der Waals surface area contributed by atoms with Crippen LogP contribution in [0.3, 0.4) is 0 Å². The third-order valence-corrected chi connectivity index (χ3v) is 12.3. The molecule has 3 aromatic heterocycles. The summed E-state index contributed by atoms with van der Waals surface area (Å²) in [6.45, 7) is 13.5. The first kappa shape index (κ1) is 41.0. The first-order valence-corrected chi connectivity index (χ1v) is 21.2. The van der Waals surface area contributed by atoms with Gasteiger partial charge in [-0.15, -0.1) is 0 Å². The number of carboxylic acid groups (broad SMARTS) is 1. The monoisotopic (exact) mass is 882 g/mol. The maximum atomic E-state index is 12.0. The minimum atomic E-state index is -1.000. The van der Waals surface area contributed by atoms with Gasteiger partial charge in [0.05, 0.1) is 28.6 Å².